The molecule has 172 valence electrons. The predicted octanol–water partition coefficient (Wildman–Crippen LogP) is 3.39. The highest BCUT2D eigenvalue weighted by molar-refractivity contribution is 6.30. The van der Waals surface area contributed by atoms with Crippen molar-refractivity contribution in [2.45, 2.75) is 37.8 Å². The monoisotopic (exact) mass is 458 g/mol. The van der Waals surface area contributed by atoms with Gasteiger partial charge >= 0.3 is 5.97 Å². The second-order valence-corrected chi connectivity index (χ2v) is 8.90. The maximum Gasteiger partial charge on any atom is 0.319 e. The van der Waals surface area contributed by atoms with Crippen molar-refractivity contribution in [2.75, 3.05) is 50.5 Å². The number of anilines is 3. The third-order valence-corrected chi connectivity index (χ3v) is 6.53. The summed E-state index contributed by atoms with van der Waals surface area (Å²) in [6.45, 7) is 4.49. The van der Waals surface area contributed by atoms with E-state index in [2.05, 4.69) is 30.4 Å². The number of aromatic nitrogens is 2. The summed E-state index contributed by atoms with van der Waals surface area (Å²) < 4.78 is 4.78. The SMILES string of the molecule is COC(=O)CN1CCC(N2CCC(Nc3cc(Nc4cccc(Cl)c4)ncn3)CC2)CC1. The van der Waals surface area contributed by atoms with Crippen molar-refractivity contribution in [3.63, 3.8) is 0 Å². The summed E-state index contributed by atoms with van der Waals surface area (Å²) in [5, 5.41) is 7.53. The number of methoxy groups -OCH3 is 1. The summed E-state index contributed by atoms with van der Waals surface area (Å²) in [5.41, 5.74) is 0.896. The van der Waals surface area contributed by atoms with Gasteiger partial charge in [0.15, 0.2) is 0 Å². The molecular weight excluding hydrogens is 428 g/mol. The van der Waals surface area contributed by atoms with Gasteiger partial charge in [0.05, 0.1) is 13.7 Å². The van der Waals surface area contributed by atoms with Gasteiger partial charge in [0, 0.05) is 55.0 Å². The van der Waals surface area contributed by atoms with Crippen molar-refractivity contribution in [3.8, 4) is 0 Å². The van der Waals surface area contributed by atoms with E-state index in [1.54, 1.807) is 6.33 Å². The molecule has 0 radical (unpaired) electrons. The van der Waals surface area contributed by atoms with E-state index in [-0.39, 0.29) is 5.97 Å². The molecule has 0 bridgehead atoms. The fourth-order valence-corrected chi connectivity index (χ4v) is 4.72. The number of carbonyl (C=O) groups excluding carboxylic acids is 1. The van der Waals surface area contributed by atoms with Crippen molar-refractivity contribution < 1.29 is 9.53 Å². The summed E-state index contributed by atoms with van der Waals surface area (Å²) in [6.07, 6.45) is 5.97. The molecule has 0 unspecified atom stereocenters. The molecule has 2 aromatic rings. The molecule has 2 fully saturated rings. The van der Waals surface area contributed by atoms with E-state index in [1.165, 1.54) is 7.11 Å². The van der Waals surface area contributed by atoms with Crippen LogP contribution in [0.4, 0.5) is 17.3 Å². The summed E-state index contributed by atoms with van der Waals surface area (Å²) in [5.74, 6) is 1.42. The molecule has 0 aliphatic carbocycles. The number of nitrogens with one attached hydrogen (secondary N) is 2. The molecule has 32 heavy (non-hydrogen) atoms. The highest BCUT2D eigenvalue weighted by atomic mass is 35.5. The third kappa shape index (κ3) is 6.31. The zero-order valence-corrected chi connectivity index (χ0v) is 19.2. The Bertz CT molecular complexity index is 898. The molecule has 4 rings (SSSR count). The van der Waals surface area contributed by atoms with Crippen LogP contribution in [0.1, 0.15) is 25.7 Å². The molecule has 1 aromatic carbocycles. The van der Waals surface area contributed by atoms with Crippen LogP contribution >= 0.6 is 11.6 Å². The van der Waals surface area contributed by atoms with Gasteiger partial charge in [-0.25, -0.2) is 9.97 Å². The molecule has 9 heteroatoms. The summed E-state index contributed by atoms with van der Waals surface area (Å²) in [7, 11) is 1.45. The minimum absolute atomic E-state index is 0.147. The number of hydrogen-bond acceptors (Lipinski definition) is 8. The van der Waals surface area contributed by atoms with Crippen molar-refractivity contribution in [1.82, 2.24) is 19.8 Å². The fraction of sp³-hybridized carbons (Fsp3) is 0.522. The van der Waals surface area contributed by atoms with E-state index in [0.717, 1.165) is 69.2 Å². The van der Waals surface area contributed by atoms with Crippen molar-refractivity contribution in [3.05, 3.63) is 41.7 Å². The number of likely N-dealkylation sites (tertiary alicyclic amines) is 2. The highest BCUT2D eigenvalue weighted by Gasteiger charge is 2.29. The second-order valence-electron chi connectivity index (χ2n) is 8.46. The van der Waals surface area contributed by atoms with Crippen LogP contribution in [0.5, 0.6) is 0 Å². The van der Waals surface area contributed by atoms with Gasteiger partial charge in [0.2, 0.25) is 0 Å². The van der Waals surface area contributed by atoms with E-state index in [0.29, 0.717) is 23.7 Å². The standard InChI is InChI=1S/C23H31ClN6O2/c1-32-23(31)15-29-9-7-20(8-10-29)30-11-5-18(6-12-30)27-21-14-22(26-16-25-21)28-19-4-2-3-17(24)13-19/h2-4,13-14,16,18,20H,5-12,15H2,1H3,(H2,25,26,27,28). The smallest absolute Gasteiger partial charge is 0.319 e. The first-order valence-corrected chi connectivity index (χ1v) is 11.6. The zero-order valence-electron chi connectivity index (χ0n) is 18.5. The number of carbonyl (C=O) groups is 1. The molecule has 0 amide bonds. The van der Waals surface area contributed by atoms with Gasteiger partial charge in [0.1, 0.15) is 18.0 Å². The average molecular weight is 459 g/mol. The lowest BCUT2D eigenvalue weighted by atomic mass is 9.98. The van der Waals surface area contributed by atoms with E-state index in [4.69, 9.17) is 16.3 Å². The summed E-state index contributed by atoms with van der Waals surface area (Å²) >= 11 is 6.06. The molecule has 2 N–H and O–H groups in total. The van der Waals surface area contributed by atoms with Crippen LogP contribution in [0.2, 0.25) is 5.02 Å². The Morgan fingerprint density at radius 2 is 1.84 bits per heavy atom. The topological polar surface area (TPSA) is 82.6 Å². The van der Waals surface area contributed by atoms with Crippen molar-refractivity contribution in [2.24, 2.45) is 0 Å². The van der Waals surface area contributed by atoms with E-state index in [9.17, 15) is 4.79 Å². The Balaban J connectivity index is 1.23. The maximum atomic E-state index is 11.5. The van der Waals surface area contributed by atoms with Crippen molar-refractivity contribution >= 4 is 34.9 Å². The number of hydrogen-bond donors (Lipinski definition) is 2. The first-order valence-electron chi connectivity index (χ1n) is 11.2. The number of ether oxygens (including phenoxy) is 1. The number of esters is 1. The molecular formula is C23H31ClN6O2. The largest absolute Gasteiger partial charge is 0.468 e. The Morgan fingerprint density at radius 1 is 1.09 bits per heavy atom. The van der Waals surface area contributed by atoms with Gasteiger partial charge < -0.3 is 20.3 Å². The Labute approximate surface area is 194 Å². The second kappa shape index (κ2) is 10.9. The maximum absolute atomic E-state index is 11.5. The Hall–Kier alpha value is -2.42. The minimum atomic E-state index is -0.147. The summed E-state index contributed by atoms with van der Waals surface area (Å²) in [6, 6.07) is 10.5. The molecule has 1 aromatic heterocycles. The fourth-order valence-electron chi connectivity index (χ4n) is 4.53. The van der Waals surface area contributed by atoms with Crippen LogP contribution in [0.3, 0.4) is 0 Å². The van der Waals surface area contributed by atoms with Gasteiger partial charge in [-0.05, 0) is 43.9 Å². The first-order chi connectivity index (χ1) is 15.6. The number of halogens is 1. The molecule has 2 saturated heterocycles. The minimum Gasteiger partial charge on any atom is -0.468 e. The zero-order chi connectivity index (χ0) is 22.3. The van der Waals surface area contributed by atoms with Gasteiger partial charge in [0.25, 0.3) is 0 Å². The predicted molar refractivity (Wildman–Crippen MR) is 126 cm³/mol. The van der Waals surface area contributed by atoms with Crippen LogP contribution in [-0.2, 0) is 9.53 Å². The van der Waals surface area contributed by atoms with Crippen molar-refractivity contribution in [1.29, 1.82) is 0 Å². The van der Waals surface area contributed by atoms with Gasteiger partial charge in [-0.2, -0.15) is 0 Å². The van der Waals surface area contributed by atoms with Gasteiger partial charge in [-0.1, -0.05) is 17.7 Å². The molecule has 0 atom stereocenters. The molecule has 2 aliphatic heterocycles. The van der Waals surface area contributed by atoms with Crippen LogP contribution in [0, 0.1) is 0 Å². The molecule has 0 spiro atoms. The normalized spacial score (nSPS) is 18.9. The molecule has 0 saturated carbocycles. The van der Waals surface area contributed by atoms with Crippen LogP contribution in [-0.4, -0.2) is 77.7 Å². The third-order valence-electron chi connectivity index (χ3n) is 6.30. The molecule has 2 aliphatic rings. The quantitative estimate of drug-likeness (QED) is 0.611. The van der Waals surface area contributed by atoms with Crippen LogP contribution in [0.25, 0.3) is 0 Å². The Kier molecular flexibility index (Phi) is 7.78. The average Bonchev–Trinajstić information content (AvgIpc) is 2.80. The highest BCUT2D eigenvalue weighted by Crippen LogP contribution is 2.24. The number of piperidine rings is 2. The number of nitrogens with zero attached hydrogens (tertiary/aromatic N) is 4. The lowest BCUT2D eigenvalue weighted by Crippen LogP contribution is -2.50. The number of rotatable bonds is 7. The lowest BCUT2D eigenvalue weighted by molar-refractivity contribution is -0.142. The first kappa shape index (κ1) is 22.8. The van der Waals surface area contributed by atoms with E-state index in [1.807, 2.05) is 30.3 Å². The Morgan fingerprint density at radius 3 is 2.56 bits per heavy atom. The molecule has 8 nitrogen and oxygen atoms in total. The van der Waals surface area contributed by atoms with E-state index < -0.39 is 0 Å². The van der Waals surface area contributed by atoms with E-state index >= 15 is 0 Å². The molecule has 3 heterocycles. The lowest BCUT2D eigenvalue weighted by Gasteiger charge is -2.41. The van der Waals surface area contributed by atoms with Gasteiger partial charge in [-0.3, -0.25) is 9.69 Å². The van der Waals surface area contributed by atoms with Crippen LogP contribution < -0.4 is 10.6 Å². The summed E-state index contributed by atoms with van der Waals surface area (Å²) in [4.78, 5) is 25.0. The number of benzene rings is 1. The van der Waals surface area contributed by atoms with Crippen LogP contribution in [0.15, 0.2) is 36.7 Å². The van der Waals surface area contributed by atoms with Gasteiger partial charge in [-0.15, -0.1) is 0 Å².